The van der Waals surface area contributed by atoms with Crippen LogP contribution < -0.4 is 4.90 Å². The molecule has 0 bridgehead atoms. The van der Waals surface area contributed by atoms with E-state index in [-0.39, 0.29) is 5.41 Å². The van der Waals surface area contributed by atoms with Crippen LogP contribution in [0.15, 0.2) is 194 Å². The standard InChI is InChI=1S/C52H42N2/c1-4-18-41(19-5-1)52(34-14-3-15-35-52)42-28-30-44(31-29-42)53(49-24-12-10-22-46(49)40-27-26-38-16-8-9-17-39(38)36-40)45-32-33-48-47-23-11-13-25-50(47)54(51(48)37-45)43-20-6-2-7-21-43/h1-2,4-13,16-33,36-37H,3,14-15,34-35H2. The van der Waals surface area contributed by atoms with Gasteiger partial charge in [-0.1, -0.05) is 159 Å². The Morgan fingerprint density at radius 2 is 1.06 bits per heavy atom. The highest BCUT2D eigenvalue weighted by molar-refractivity contribution is 6.10. The molecule has 0 amide bonds. The van der Waals surface area contributed by atoms with Gasteiger partial charge in [-0.05, 0) is 94.9 Å². The summed E-state index contributed by atoms with van der Waals surface area (Å²) in [4.78, 5) is 2.47. The Kier molecular flexibility index (Phi) is 8.10. The maximum absolute atomic E-state index is 2.47. The average Bonchev–Trinajstić information content (AvgIpc) is 3.58. The van der Waals surface area contributed by atoms with E-state index in [1.807, 2.05) is 0 Å². The summed E-state index contributed by atoms with van der Waals surface area (Å²) in [6, 6.07) is 71.7. The van der Waals surface area contributed by atoms with Crippen LogP contribution in [0.5, 0.6) is 0 Å². The Hall–Kier alpha value is -6.38. The first-order chi connectivity index (χ1) is 26.8. The summed E-state index contributed by atoms with van der Waals surface area (Å²) in [5.41, 5.74) is 12.3. The predicted octanol–water partition coefficient (Wildman–Crippen LogP) is 14.3. The molecular weight excluding hydrogens is 653 g/mol. The molecule has 54 heavy (non-hydrogen) atoms. The monoisotopic (exact) mass is 694 g/mol. The fourth-order valence-corrected chi connectivity index (χ4v) is 9.24. The van der Waals surface area contributed by atoms with Crippen LogP contribution in [-0.4, -0.2) is 4.57 Å². The van der Waals surface area contributed by atoms with Gasteiger partial charge in [-0.3, -0.25) is 0 Å². The smallest absolute Gasteiger partial charge is 0.0561 e. The summed E-state index contributed by atoms with van der Waals surface area (Å²) in [7, 11) is 0. The molecule has 1 aliphatic carbocycles. The molecule has 0 unspecified atom stereocenters. The quantitative estimate of drug-likeness (QED) is 0.161. The lowest BCUT2D eigenvalue weighted by atomic mass is 9.65. The van der Waals surface area contributed by atoms with Crippen molar-refractivity contribution in [2.24, 2.45) is 0 Å². The van der Waals surface area contributed by atoms with E-state index in [9.17, 15) is 0 Å². The van der Waals surface area contributed by atoms with Crippen LogP contribution in [0.25, 0.3) is 49.4 Å². The molecule has 0 atom stereocenters. The molecule has 1 fully saturated rings. The molecule has 2 nitrogen and oxygen atoms in total. The molecule has 2 heteroatoms. The third-order valence-electron chi connectivity index (χ3n) is 11.8. The third-order valence-corrected chi connectivity index (χ3v) is 11.8. The Morgan fingerprint density at radius 1 is 0.426 bits per heavy atom. The van der Waals surface area contributed by atoms with Gasteiger partial charge in [0.15, 0.2) is 0 Å². The van der Waals surface area contributed by atoms with Gasteiger partial charge < -0.3 is 9.47 Å². The number of fused-ring (bicyclic) bond motifs is 4. The topological polar surface area (TPSA) is 8.17 Å². The van der Waals surface area contributed by atoms with Crippen LogP contribution in [0.4, 0.5) is 17.1 Å². The van der Waals surface area contributed by atoms with Crippen LogP contribution in [0.1, 0.15) is 43.2 Å². The molecule has 0 N–H and O–H groups in total. The lowest BCUT2D eigenvalue weighted by Crippen LogP contribution is -2.30. The molecule has 1 heterocycles. The number of para-hydroxylation sites is 3. The number of nitrogens with zero attached hydrogens (tertiary/aromatic N) is 2. The zero-order valence-corrected chi connectivity index (χ0v) is 30.4. The van der Waals surface area contributed by atoms with Crippen LogP contribution in [-0.2, 0) is 5.41 Å². The Labute approximate surface area is 317 Å². The van der Waals surface area contributed by atoms with Gasteiger partial charge in [-0.2, -0.15) is 0 Å². The van der Waals surface area contributed by atoms with E-state index in [1.54, 1.807) is 0 Å². The van der Waals surface area contributed by atoms with Crippen molar-refractivity contribution in [3.05, 3.63) is 205 Å². The van der Waals surface area contributed by atoms with Gasteiger partial charge in [0.2, 0.25) is 0 Å². The average molecular weight is 695 g/mol. The van der Waals surface area contributed by atoms with Crippen molar-refractivity contribution in [2.75, 3.05) is 4.90 Å². The first kappa shape index (κ1) is 32.3. The molecule has 10 rings (SSSR count). The van der Waals surface area contributed by atoms with Crippen LogP contribution in [0.2, 0.25) is 0 Å². The third kappa shape index (κ3) is 5.49. The van der Waals surface area contributed by atoms with Crippen LogP contribution >= 0.6 is 0 Å². The van der Waals surface area contributed by atoms with Gasteiger partial charge in [0.1, 0.15) is 0 Å². The van der Waals surface area contributed by atoms with Crippen molar-refractivity contribution in [2.45, 2.75) is 37.5 Å². The van der Waals surface area contributed by atoms with Gasteiger partial charge in [0.25, 0.3) is 0 Å². The van der Waals surface area contributed by atoms with E-state index < -0.39 is 0 Å². The molecule has 260 valence electrons. The zero-order valence-electron chi connectivity index (χ0n) is 30.4. The van der Waals surface area contributed by atoms with Crippen molar-refractivity contribution >= 4 is 49.6 Å². The summed E-state index contributed by atoms with van der Waals surface area (Å²) < 4.78 is 2.41. The minimum atomic E-state index is 0.0431. The molecule has 8 aromatic carbocycles. The SMILES string of the molecule is c1ccc(-n2c3ccccc3c3ccc(N(c4ccc(C5(c6ccccc6)CCCCC5)cc4)c4ccccc4-c4ccc5ccccc5c4)cc32)cc1. The van der Waals surface area contributed by atoms with Gasteiger partial charge in [-0.15, -0.1) is 0 Å². The molecule has 0 aliphatic heterocycles. The largest absolute Gasteiger partial charge is 0.310 e. The number of aromatic nitrogens is 1. The van der Waals surface area contributed by atoms with E-state index in [2.05, 4.69) is 204 Å². The van der Waals surface area contributed by atoms with Crippen LogP contribution in [0, 0.1) is 0 Å². The van der Waals surface area contributed by atoms with Gasteiger partial charge in [-0.25, -0.2) is 0 Å². The normalized spacial score (nSPS) is 14.1. The molecule has 1 aliphatic rings. The number of rotatable bonds is 7. The summed E-state index contributed by atoms with van der Waals surface area (Å²) in [6.45, 7) is 0. The molecule has 1 aromatic heterocycles. The van der Waals surface area contributed by atoms with Crippen molar-refractivity contribution in [3.8, 4) is 16.8 Å². The molecule has 0 spiro atoms. The van der Waals surface area contributed by atoms with E-state index in [0.29, 0.717) is 0 Å². The maximum atomic E-state index is 2.47. The minimum absolute atomic E-state index is 0.0431. The van der Waals surface area contributed by atoms with Gasteiger partial charge in [0.05, 0.1) is 16.7 Å². The van der Waals surface area contributed by atoms with Crippen molar-refractivity contribution < 1.29 is 0 Å². The van der Waals surface area contributed by atoms with Crippen LogP contribution in [0.3, 0.4) is 0 Å². The number of benzene rings is 8. The Morgan fingerprint density at radius 3 is 1.87 bits per heavy atom. The minimum Gasteiger partial charge on any atom is -0.310 e. The number of anilines is 3. The van der Waals surface area contributed by atoms with Crippen molar-refractivity contribution in [1.82, 2.24) is 4.57 Å². The lowest BCUT2D eigenvalue weighted by molar-refractivity contribution is 0.346. The van der Waals surface area contributed by atoms with Crippen molar-refractivity contribution in [1.29, 1.82) is 0 Å². The predicted molar refractivity (Wildman–Crippen MR) is 229 cm³/mol. The molecule has 9 aromatic rings. The molecule has 1 saturated carbocycles. The highest BCUT2D eigenvalue weighted by atomic mass is 15.1. The molecule has 0 radical (unpaired) electrons. The van der Waals surface area contributed by atoms with E-state index in [1.165, 1.54) is 86.9 Å². The van der Waals surface area contributed by atoms with Gasteiger partial charge >= 0.3 is 0 Å². The van der Waals surface area contributed by atoms with Crippen molar-refractivity contribution in [3.63, 3.8) is 0 Å². The second kappa shape index (κ2) is 13.5. The van der Waals surface area contributed by atoms with E-state index in [4.69, 9.17) is 0 Å². The van der Waals surface area contributed by atoms with Gasteiger partial charge in [0, 0.05) is 38.8 Å². The lowest BCUT2D eigenvalue weighted by Gasteiger charge is -2.39. The number of hydrogen-bond acceptors (Lipinski definition) is 1. The van der Waals surface area contributed by atoms with E-state index >= 15 is 0 Å². The Bertz CT molecular complexity index is 2740. The highest BCUT2D eigenvalue weighted by Gasteiger charge is 2.35. The zero-order chi connectivity index (χ0) is 35.9. The summed E-state index contributed by atoms with van der Waals surface area (Å²) >= 11 is 0. The second-order valence-corrected chi connectivity index (χ2v) is 14.9. The Balaban J connectivity index is 1.18. The maximum Gasteiger partial charge on any atom is 0.0561 e. The number of hydrogen-bond donors (Lipinski definition) is 0. The molecule has 0 saturated heterocycles. The highest BCUT2D eigenvalue weighted by Crippen LogP contribution is 2.47. The second-order valence-electron chi connectivity index (χ2n) is 14.9. The van der Waals surface area contributed by atoms with E-state index in [0.717, 1.165) is 22.7 Å². The first-order valence-electron chi connectivity index (χ1n) is 19.4. The molecular formula is C52H42N2. The summed E-state index contributed by atoms with van der Waals surface area (Å²) in [5.74, 6) is 0. The summed E-state index contributed by atoms with van der Waals surface area (Å²) in [6.07, 6.45) is 6.21. The fraction of sp³-hybridized carbons (Fsp3) is 0.115. The summed E-state index contributed by atoms with van der Waals surface area (Å²) in [5, 5.41) is 5.00. The first-order valence-corrected chi connectivity index (χ1v) is 19.4. The fourth-order valence-electron chi connectivity index (χ4n) is 9.24.